The van der Waals surface area contributed by atoms with Gasteiger partial charge in [0.2, 0.25) is 0 Å². The molecule has 2 nitrogen and oxygen atoms in total. The van der Waals surface area contributed by atoms with Crippen molar-refractivity contribution in [3.05, 3.63) is 21.3 Å². The summed E-state index contributed by atoms with van der Waals surface area (Å²) >= 11 is 7.92. The summed E-state index contributed by atoms with van der Waals surface area (Å²) in [6, 6.07) is 2.26. The van der Waals surface area contributed by atoms with Crippen LogP contribution in [0.1, 0.15) is 39.0 Å². The van der Waals surface area contributed by atoms with Gasteiger partial charge in [-0.15, -0.1) is 11.3 Å². The minimum absolute atomic E-state index is 0.141. The molecule has 2 atom stereocenters. The Bertz CT molecular complexity index is 355. The van der Waals surface area contributed by atoms with Crippen LogP contribution in [0.4, 0.5) is 0 Å². The fourth-order valence-corrected chi connectivity index (χ4v) is 3.35. The van der Waals surface area contributed by atoms with Gasteiger partial charge in [0.1, 0.15) is 0 Å². The molecule has 1 heterocycles. The van der Waals surface area contributed by atoms with Gasteiger partial charge in [-0.05, 0) is 38.3 Å². The van der Waals surface area contributed by atoms with E-state index in [9.17, 15) is 0 Å². The van der Waals surface area contributed by atoms with Gasteiger partial charge in [0, 0.05) is 23.9 Å². The monoisotopic (exact) mass is 289 g/mol. The van der Waals surface area contributed by atoms with Crippen LogP contribution < -0.4 is 5.32 Å². The SMILES string of the molecule is CCNC(Cc1sccc1Cl)C(C)(CC)OCC. The third kappa shape index (κ3) is 3.95. The number of hydrogen-bond donors (Lipinski definition) is 1. The maximum Gasteiger partial charge on any atom is 0.0807 e. The number of likely N-dealkylation sites (N-methyl/N-ethyl adjacent to an activating group) is 1. The maximum atomic E-state index is 6.20. The van der Waals surface area contributed by atoms with Crippen molar-refractivity contribution < 1.29 is 4.74 Å². The topological polar surface area (TPSA) is 21.3 Å². The second-order valence-electron chi connectivity index (χ2n) is 4.61. The molecule has 18 heavy (non-hydrogen) atoms. The van der Waals surface area contributed by atoms with Gasteiger partial charge in [0.25, 0.3) is 0 Å². The van der Waals surface area contributed by atoms with Gasteiger partial charge in [0.15, 0.2) is 0 Å². The average Bonchev–Trinajstić information content (AvgIpc) is 2.75. The highest BCUT2D eigenvalue weighted by Gasteiger charge is 2.33. The lowest BCUT2D eigenvalue weighted by atomic mass is 9.90. The normalized spacial score (nSPS) is 16.5. The van der Waals surface area contributed by atoms with Crippen LogP contribution in [0.3, 0.4) is 0 Å². The molecule has 0 saturated heterocycles. The summed E-state index contributed by atoms with van der Waals surface area (Å²) in [6.07, 6.45) is 1.91. The fourth-order valence-electron chi connectivity index (χ4n) is 2.19. The van der Waals surface area contributed by atoms with Gasteiger partial charge in [0.05, 0.1) is 10.6 Å². The van der Waals surface area contributed by atoms with Gasteiger partial charge in [-0.25, -0.2) is 0 Å². The van der Waals surface area contributed by atoms with Crippen LogP contribution in [0.25, 0.3) is 0 Å². The zero-order chi connectivity index (χ0) is 13.6. The van der Waals surface area contributed by atoms with E-state index in [1.807, 2.05) is 11.4 Å². The van der Waals surface area contributed by atoms with Crippen molar-refractivity contribution in [2.75, 3.05) is 13.2 Å². The van der Waals surface area contributed by atoms with Crippen LogP contribution in [0.5, 0.6) is 0 Å². The summed E-state index contributed by atoms with van der Waals surface area (Å²) in [5.41, 5.74) is -0.141. The van der Waals surface area contributed by atoms with Gasteiger partial charge in [-0.3, -0.25) is 0 Å². The van der Waals surface area contributed by atoms with Gasteiger partial charge in [-0.1, -0.05) is 25.4 Å². The molecule has 0 bridgehead atoms. The first kappa shape index (κ1) is 16.0. The number of rotatable bonds is 8. The first-order valence-corrected chi connectivity index (χ1v) is 7.92. The smallest absolute Gasteiger partial charge is 0.0807 e. The number of thiophene rings is 1. The summed E-state index contributed by atoms with van der Waals surface area (Å²) < 4.78 is 5.98. The highest BCUT2D eigenvalue weighted by atomic mass is 35.5. The van der Waals surface area contributed by atoms with Gasteiger partial charge < -0.3 is 10.1 Å². The fraction of sp³-hybridized carbons (Fsp3) is 0.714. The molecule has 104 valence electrons. The molecule has 1 N–H and O–H groups in total. The Kier molecular flexibility index (Phi) is 6.64. The van der Waals surface area contributed by atoms with Crippen molar-refractivity contribution in [2.45, 2.75) is 52.2 Å². The average molecular weight is 290 g/mol. The highest BCUT2D eigenvalue weighted by molar-refractivity contribution is 7.10. The molecule has 0 fully saturated rings. The largest absolute Gasteiger partial charge is 0.374 e. The third-order valence-electron chi connectivity index (χ3n) is 3.44. The van der Waals surface area contributed by atoms with Crippen LogP contribution >= 0.6 is 22.9 Å². The molecule has 0 spiro atoms. The zero-order valence-corrected chi connectivity index (χ0v) is 13.3. The summed E-state index contributed by atoms with van der Waals surface area (Å²) in [6.45, 7) is 10.2. The van der Waals surface area contributed by atoms with Crippen LogP contribution in [-0.2, 0) is 11.2 Å². The molecule has 1 aromatic rings. The molecular weight excluding hydrogens is 266 g/mol. The summed E-state index contributed by atoms with van der Waals surface area (Å²) in [7, 11) is 0. The molecule has 0 aliphatic heterocycles. The lowest BCUT2D eigenvalue weighted by Crippen LogP contribution is -2.51. The van der Waals surface area contributed by atoms with E-state index in [1.165, 1.54) is 4.88 Å². The number of ether oxygens (including phenoxy) is 1. The Balaban J connectivity index is 2.84. The molecule has 2 unspecified atom stereocenters. The Hall–Kier alpha value is -0.0900. The molecule has 0 aliphatic carbocycles. The van der Waals surface area contributed by atoms with E-state index >= 15 is 0 Å². The van der Waals surface area contributed by atoms with Crippen molar-refractivity contribution in [3.63, 3.8) is 0 Å². The standard InChI is InChI=1S/C14H24ClNOS/c1-5-14(4,17-7-3)13(16-6-2)10-12-11(15)8-9-18-12/h8-9,13,16H,5-7,10H2,1-4H3. The molecule has 0 aliphatic rings. The van der Waals surface area contributed by atoms with Crippen LogP contribution in [0.2, 0.25) is 5.02 Å². The maximum absolute atomic E-state index is 6.20. The summed E-state index contributed by atoms with van der Waals surface area (Å²) in [4.78, 5) is 1.24. The molecule has 1 rings (SSSR count). The first-order chi connectivity index (χ1) is 8.57. The minimum atomic E-state index is -0.141. The van der Waals surface area contributed by atoms with Crippen LogP contribution in [0, 0.1) is 0 Å². The number of hydrogen-bond acceptors (Lipinski definition) is 3. The van der Waals surface area contributed by atoms with E-state index in [0.717, 1.165) is 31.0 Å². The molecule has 0 amide bonds. The van der Waals surface area contributed by atoms with Crippen molar-refractivity contribution in [3.8, 4) is 0 Å². The van der Waals surface area contributed by atoms with E-state index in [1.54, 1.807) is 11.3 Å². The molecular formula is C14H24ClNOS. The van der Waals surface area contributed by atoms with Crippen molar-refractivity contribution >= 4 is 22.9 Å². The van der Waals surface area contributed by atoms with E-state index in [2.05, 4.69) is 33.0 Å². The van der Waals surface area contributed by atoms with Gasteiger partial charge >= 0.3 is 0 Å². The lowest BCUT2D eigenvalue weighted by Gasteiger charge is -2.37. The third-order valence-corrected chi connectivity index (χ3v) is 4.85. The lowest BCUT2D eigenvalue weighted by molar-refractivity contribution is -0.0545. The number of halogens is 1. The van der Waals surface area contributed by atoms with Crippen molar-refractivity contribution in [2.24, 2.45) is 0 Å². The van der Waals surface area contributed by atoms with Crippen molar-refractivity contribution in [1.82, 2.24) is 5.32 Å². The first-order valence-electron chi connectivity index (χ1n) is 6.66. The molecule has 0 aromatic carbocycles. The van der Waals surface area contributed by atoms with E-state index in [0.29, 0.717) is 6.04 Å². The van der Waals surface area contributed by atoms with E-state index < -0.39 is 0 Å². The van der Waals surface area contributed by atoms with Crippen LogP contribution in [-0.4, -0.2) is 24.8 Å². The minimum Gasteiger partial charge on any atom is -0.374 e. The number of nitrogens with one attached hydrogen (secondary N) is 1. The van der Waals surface area contributed by atoms with Crippen molar-refractivity contribution in [1.29, 1.82) is 0 Å². The molecule has 0 saturated carbocycles. The summed E-state index contributed by atoms with van der Waals surface area (Å²) in [5, 5.41) is 6.47. The molecule has 1 aromatic heterocycles. The predicted molar refractivity (Wildman–Crippen MR) is 80.8 cm³/mol. The van der Waals surface area contributed by atoms with E-state index in [4.69, 9.17) is 16.3 Å². The Morgan fingerprint density at radius 3 is 2.61 bits per heavy atom. The van der Waals surface area contributed by atoms with Gasteiger partial charge in [-0.2, -0.15) is 0 Å². The summed E-state index contributed by atoms with van der Waals surface area (Å²) in [5.74, 6) is 0. The Labute approximate surface area is 120 Å². The predicted octanol–water partition coefficient (Wildman–Crippen LogP) is 4.13. The quantitative estimate of drug-likeness (QED) is 0.777. The van der Waals surface area contributed by atoms with Crippen LogP contribution in [0.15, 0.2) is 11.4 Å². The molecule has 4 heteroatoms. The highest BCUT2D eigenvalue weighted by Crippen LogP contribution is 2.29. The van der Waals surface area contributed by atoms with E-state index in [-0.39, 0.29) is 5.60 Å². The zero-order valence-electron chi connectivity index (χ0n) is 11.8. The Morgan fingerprint density at radius 2 is 2.17 bits per heavy atom. The second-order valence-corrected chi connectivity index (χ2v) is 6.01. The molecule has 0 radical (unpaired) electrons. The second kappa shape index (κ2) is 7.49. The Morgan fingerprint density at radius 1 is 1.44 bits per heavy atom.